The Morgan fingerprint density at radius 2 is 1.92 bits per heavy atom. The zero-order chi connectivity index (χ0) is 17.1. The summed E-state index contributed by atoms with van der Waals surface area (Å²) in [5.74, 6) is 0.213. The van der Waals surface area contributed by atoms with Gasteiger partial charge in [0.2, 0.25) is 10.0 Å². The molecule has 24 heavy (non-hydrogen) atoms. The Morgan fingerprint density at radius 1 is 1.17 bits per heavy atom. The molecule has 3 heterocycles. The van der Waals surface area contributed by atoms with Gasteiger partial charge in [-0.2, -0.15) is 4.31 Å². The van der Waals surface area contributed by atoms with Gasteiger partial charge >= 0.3 is 0 Å². The van der Waals surface area contributed by atoms with Crippen molar-refractivity contribution in [2.45, 2.75) is 37.8 Å². The number of aromatic hydroxyl groups is 2. The highest BCUT2D eigenvalue weighted by Crippen LogP contribution is 2.45. The first-order valence-corrected chi connectivity index (χ1v) is 10.4. The van der Waals surface area contributed by atoms with Crippen molar-refractivity contribution in [2.75, 3.05) is 25.9 Å². The summed E-state index contributed by atoms with van der Waals surface area (Å²) in [5.41, 5.74) is 2.10. The van der Waals surface area contributed by atoms with Crippen molar-refractivity contribution in [2.24, 2.45) is 5.92 Å². The van der Waals surface area contributed by atoms with Crippen LogP contribution in [0.3, 0.4) is 0 Å². The predicted octanol–water partition coefficient (Wildman–Crippen LogP) is 1.44. The summed E-state index contributed by atoms with van der Waals surface area (Å²) in [6.07, 6.45) is 4.92. The van der Waals surface area contributed by atoms with Gasteiger partial charge in [0.1, 0.15) is 0 Å². The number of sulfonamides is 1. The van der Waals surface area contributed by atoms with E-state index in [0.717, 1.165) is 49.9 Å². The fourth-order valence-electron chi connectivity index (χ4n) is 4.84. The molecule has 3 atom stereocenters. The predicted molar refractivity (Wildman–Crippen MR) is 90.5 cm³/mol. The second-order valence-corrected chi connectivity index (χ2v) is 9.31. The van der Waals surface area contributed by atoms with Gasteiger partial charge in [-0.25, -0.2) is 8.42 Å². The molecule has 0 aliphatic carbocycles. The number of piperidine rings is 2. The van der Waals surface area contributed by atoms with Gasteiger partial charge in [0, 0.05) is 31.7 Å². The molecule has 3 aliphatic rings. The summed E-state index contributed by atoms with van der Waals surface area (Å²) in [6, 6.07) is 3.47. The first-order chi connectivity index (χ1) is 11.3. The number of fused-ring (bicyclic) bond motifs is 4. The number of benzene rings is 1. The second-order valence-electron chi connectivity index (χ2n) is 7.38. The molecule has 2 saturated heterocycles. The van der Waals surface area contributed by atoms with E-state index in [9.17, 15) is 18.6 Å². The lowest BCUT2D eigenvalue weighted by Gasteiger charge is -2.51. The van der Waals surface area contributed by atoms with E-state index in [4.69, 9.17) is 0 Å². The van der Waals surface area contributed by atoms with Crippen LogP contribution < -0.4 is 0 Å². The summed E-state index contributed by atoms with van der Waals surface area (Å²) < 4.78 is 26.1. The fraction of sp³-hybridized carbons (Fsp3) is 0.647. The van der Waals surface area contributed by atoms with Crippen molar-refractivity contribution >= 4 is 10.0 Å². The third-order valence-corrected chi connectivity index (χ3v) is 7.24. The van der Waals surface area contributed by atoms with Gasteiger partial charge in [-0.3, -0.25) is 4.90 Å². The highest BCUT2D eigenvalue weighted by Gasteiger charge is 2.45. The van der Waals surface area contributed by atoms with E-state index in [1.165, 1.54) is 6.26 Å². The number of phenols is 2. The molecule has 2 N–H and O–H groups in total. The SMILES string of the molecule is CS(=O)(=O)N1CCC[C@@H]2CN3CCc4cc(O)c(O)cc4[C@H]3C[C@@H]21. The number of hydrogen-bond donors (Lipinski definition) is 2. The molecule has 0 radical (unpaired) electrons. The van der Waals surface area contributed by atoms with Gasteiger partial charge in [-0.15, -0.1) is 0 Å². The zero-order valence-electron chi connectivity index (χ0n) is 13.9. The smallest absolute Gasteiger partial charge is 0.211 e. The molecule has 7 heteroatoms. The van der Waals surface area contributed by atoms with Crippen LogP contribution in [0, 0.1) is 5.92 Å². The van der Waals surface area contributed by atoms with Gasteiger partial charge in [0.15, 0.2) is 11.5 Å². The van der Waals surface area contributed by atoms with Gasteiger partial charge < -0.3 is 10.2 Å². The largest absolute Gasteiger partial charge is 0.504 e. The molecule has 132 valence electrons. The molecule has 2 fully saturated rings. The number of phenolic OH excluding ortho intramolecular Hbond substituents is 2. The molecule has 3 aliphatic heterocycles. The molecule has 6 nitrogen and oxygen atoms in total. The number of nitrogens with zero attached hydrogens (tertiary/aromatic N) is 2. The summed E-state index contributed by atoms with van der Waals surface area (Å²) in [6.45, 7) is 2.44. The molecule has 1 aromatic carbocycles. The second kappa shape index (κ2) is 5.61. The molecule has 0 amide bonds. The van der Waals surface area contributed by atoms with Crippen LogP contribution in [0.2, 0.25) is 0 Å². The first-order valence-electron chi connectivity index (χ1n) is 8.60. The Bertz CT molecular complexity index is 764. The highest BCUT2D eigenvalue weighted by atomic mass is 32.2. The van der Waals surface area contributed by atoms with Gasteiger partial charge in [0.05, 0.1) is 6.26 Å². The fourth-order valence-corrected chi connectivity index (χ4v) is 6.05. The molecule has 0 spiro atoms. The van der Waals surface area contributed by atoms with Crippen molar-refractivity contribution in [1.82, 2.24) is 9.21 Å². The Kier molecular flexibility index (Phi) is 3.78. The van der Waals surface area contributed by atoms with Crippen LogP contribution in [0.5, 0.6) is 11.5 Å². The maximum atomic E-state index is 12.2. The van der Waals surface area contributed by atoms with Crippen molar-refractivity contribution in [1.29, 1.82) is 0 Å². The van der Waals surface area contributed by atoms with Crippen LogP contribution >= 0.6 is 0 Å². The van der Waals surface area contributed by atoms with E-state index in [0.29, 0.717) is 12.5 Å². The lowest BCUT2D eigenvalue weighted by atomic mass is 9.77. The molecule has 0 bridgehead atoms. The Hall–Kier alpha value is -1.31. The van der Waals surface area contributed by atoms with Crippen LogP contribution in [0.25, 0.3) is 0 Å². The molecule has 1 aromatic rings. The van der Waals surface area contributed by atoms with E-state index in [1.54, 1.807) is 16.4 Å². The molecule has 0 saturated carbocycles. The molecular weight excluding hydrogens is 328 g/mol. The van der Waals surface area contributed by atoms with Crippen molar-refractivity contribution in [3.8, 4) is 11.5 Å². The van der Waals surface area contributed by atoms with E-state index in [2.05, 4.69) is 4.90 Å². The van der Waals surface area contributed by atoms with E-state index in [-0.39, 0.29) is 23.6 Å². The Morgan fingerprint density at radius 3 is 2.67 bits per heavy atom. The average molecular weight is 352 g/mol. The minimum absolute atomic E-state index is 0.0388. The molecular formula is C17H24N2O4S. The lowest BCUT2D eigenvalue weighted by molar-refractivity contribution is 0.0221. The average Bonchev–Trinajstić information content (AvgIpc) is 2.53. The maximum absolute atomic E-state index is 12.2. The quantitative estimate of drug-likeness (QED) is 0.748. The minimum Gasteiger partial charge on any atom is -0.504 e. The highest BCUT2D eigenvalue weighted by molar-refractivity contribution is 7.88. The van der Waals surface area contributed by atoms with Crippen molar-refractivity contribution < 1.29 is 18.6 Å². The topological polar surface area (TPSA) is 81.1 Å². The minimum atomic E-state index is -3.20. The molecule has 0 aromatic heterocycles. The third-order valence-electron chi connectivity index (χ3n) is 5.93. The monoisotopic (exact) mass is 352 g/mol. The summed E-state index contributed by atoms with van der Waals surface area (Å²) in [7, 11) is -3.20. The van der Waals surface area contributed by atoms with Crippen LogP contribution in [0.1, 0.15) is 36.4 Å². The Labute approximate surface area is 142 Å². The van der Waals surface area contributed by atoms with Gasteiger partial charge in [-0.05, 0) is 54.9 Å². The van der Waals surface area contributed by atoms with Crippen LogP contribution in [-0.4, -0.2) is 59.8 Å². The zero-order valence-corrected chi connectivity index (χ0v) is 14.7. The summed E-state index contributed by atoms with van der Waals surface area (Å²) >= 11 is 0. The summed E-state index contributed by atoms with van der Waals surface area (Å²) in [5, 5.41) is 19.7. The molecule has 0 unspecified atom stereocenters. The normalized spacial score (nSPS) is 31.1. The van der Waals surface area contributed by atoms with E-state index < -0.39 is 10.0 Å². The maximum Gasteiger partial charge on any atom is 0.211 e. The van der Waals surface area contributed by atoms with E-state index >= 15 is 0 Å². The van der Waals surface area contributed by atoms with E-state index in [1.807, 2.05) is 0 Å². The Balaban J connectivity index is 1.70. The van der Waals surface area contributed by atoms with Crippen LogP contribution in [0.4, 0.5) is 0 Å². The van der Waals surface area contributed by atoms with Crippen molar-refractivity contribution in [3.63, 3.8) is 0 Å². The standard InChI is InChI=1S/C17H24N2O4S/c1-24(22,23)19-5-2-3-12-10-18-6-4-11-7-16(20)17(21)8-13(11)15(18)9-14(12)19/h7-8,12,14-15,20-21H,2-6,9-10H2,1H3/t12-,14+,15-/m1/s1. The molecule has 4 rings (SSSR count). The van der Waals surface area contributed by atoms with Crippen LogP contribution in [0.15, 0.2) is 12.1 Å². The van der Waals surface area contributed by atoms with Gasteiger partial charge in [0.25, 0.3) is 0 Å². The van der Waals surface area contributed by atoms with Crippen molar-refractivity contribution in [3.05, 3.63) is 23.3 Å². The lowest BCUT2D eigenvalue weighted by Crippen LogP contribution is -2.57. The third kappa shape index (κ3) is 2.59. The number of hydrogen-bond acceptors (Lipinski definition) is 5. The number of rotatable bonds is 1. The van der Waals surface area contributed by atoms with Crippen LogP contribution in [-0.2, 0) is 16.4 Å². The van der Waals surface area contributed by atoms with Gasteiger partial charge in [-0.1, -0.05) is 0 Å². The summed E-state index contributed by atoms with van der Waals surface area (Å²) in [4.78, 5) is 2.42. The first kappa shape index (κ1) is 16.2.